The van der Waals surface area contributed by atoms with Crippen molar-refractivity contribution in [1.29, 1.82) is 0 Å². The maximum absolute atomic E-state index is 12.4. The molecule has 0 saturated heterocycles. The molecule has 0 bridgehead atoms. The number of carbonyl (C=O) groups excluding carboxylic acids is 1. The number of nitrogens with zero attached hydrogens (tertiary/aromatic N) is 1. The summed E-state index contributed by atoms with van der Waals surface area (Å²) < 4.78 is 29.9. The van der Waals surface area contributed by atoms with Gasteiger partial charge < -0.3 is 4.74 Å². The highest BCUT2D eigenvalue weighted by Gasteiger charge is 2.14. The van der Waals surface area contributed by atoms with Crippen LogP contribution in [-0.2, 0) is 0 Å². The van der Waals surface area contributed by atoms with Gasteiger partial charge in [-0.15, -0.1) is 11.3 Å². The Balaban J connectivity index is 1.78. The smallest absolute Gasteiger partial charge is 0.387 e. The minimum atomic E-state index is -2.94. The Hall–Kier alpha value is -2.32. The zero-order valence-corrected chi connectivity index (χ0v) is 15.9. The first-order valence-electron chi connectivity index (χ1n) is 7.52. The Morgan fingerprint density at radius 2 is 1.96 bits per heavy atom. The number of aryl methyl sites for hydroxylation is 1. The van der Waals surface area contributed by atoms with E-state index in [0.29, 0.717) is 5.13 Å². The monoisotopic (exact) mass is 438 g/mol. The third-order valence-corrected chi connectivity index (χ3v) is 4.87. The fourth-order valence-electron chi connectivity index (χ4n) is 2.31. The van der Waals surface area contributed by atoms with Crippen LogP contribution in [0.3, 0.4) is 0 Å². The molecular formula is C18H13BrF2N2O2S. The molecule has 1 heterocycles. The Labute approximate surface area is 161 Å². The van der Waals surface area contributed by atoms with E-state index in [2.05, 4.69) is 31.0 Å². The largest absolute Gasteiger partial charge is 0.435 e. The molecule has 1 N–H and O–H groups in total. The third-order valence-electron chi connectivity index (χ3n) is 3.46. The first-order chi connectivity index (χ1) is 12.4. The molecule has 8 heteroatoms. The number of rotatable bonds is 5. The zero-order valence-electron chi connectivity index (χ0n) is 13.5. The maximum atomic E-state index is 12.4. The summed E-state index contributed by atoms with van der Waals surface area (Å²) in [4.78, 5) is 17.8. The number of hydrogen-bond donors (Lipinski definition) is 1. The van der Waals surface area contributed by atoms with E-state index in [0.717, 1.165) is 20.6 Å². The summed E-state index contributed by atoms with van der Waals surface area (Å²) in [5, 5.41) is 3.13. The van der Waals surface area contributed by atoms with Gasteiger partial charge in [0.25, 0.3) is 5.91 Å². The number of halogens is 3. The van der Waals surface area contributed by atoms with Crippen molar-refractivity contribution in [3.05, 3.63) is 63.4 Å². The molecule has 2 aromatic carbocycles. The van der Waals surface area contributed by atoms with Gasteiger partial charge in [0.1, 0.15) is 5.75 Å². The fourth-order valence-corrected chi connectivity index (χ4v) is 3.40. The number of alkyl halides is 2. The number of benzene rings is 2. The number of carbonyl (C=O) groups is 1. The van der Waals surface area contributed by atoms with Gasteiger partial charge in [-0.1, -0.05) is 34.1 Å². The van der Waals surface area contributed by atoms with Gasteiger partial charge in [-0.2, -0.15) is 8.78 Å². The number of thiazole rings is 1. The van der Waals surface area contributed by atoms with Crippen LogP contribution in [0, 0.1) is 6.92 Å². The average Bonchev–Trinajstić information content (AvgIpc) is 2.95. The van der Waals surface area contributed by atoms with Gasteiger partial charge in [-0.25, -0.2) is 4.98 Å². The number of nitrogens with one attached hydrogen (secondary N) is 1. The Morgan fingerprint density at radius 3 is 2.65 bits per heavy atom. The van der Waals surface area contributed by atoms with Crippen LogP contribution in [0.2, 0.25) is 0 Å². The molecule has 0 aliphatic rings. The SMILES string of the molecule is Cc1sc(NC(=O)c2cccc(OC(F)F)c2)nc1-c1ccc(Br)cc1. The minimum absolute atomic E-state index is 0.0708. The van der Waals surface area contributed by atoms with Crippen molar-refractivity contribution >= 4 is 38.3 Å². The second kappa shape index (κ2) is 7.92. The fraction of sp³-hybridized carbons (Fsp3) is 0.111. The summed E-state index contributed by atoms with van der Waals surface area (Å²) in [5.41, 5.74) is 1.93. The van der Waals surface area contributed by atoms with Crippen LogP contribution in [-0.4, -0.2) is 17.5 Å². The molecule has 0 saturated carbocycles. The predicted molar refractivity (Wildman–Crippen MR) is 101 cm³/mol. The molecule has 1 aromatic heterocycles. The number of amides is 1. The molecule has 26 heavy (non-hydrogen) atoms. The molecule has 3 rings (SSSR count). The molecule has 0 fully saturated rings. The quantitative estimate of drug-likeness (QED) is 0.552. The summed E-state index contributed by atoms with van der Waals surface area (Å²) in [7, 11) is 0. The number of ether oxygens (including phenoxy) is 1. The van der Waals surface area contributed by atoms with Crippen LogP contribution in [0.5, 0.6) is 5.75 Å². The van der Waals surface area contributed by atoms with Crippen LogP contribution in [0.15, 0.2) is 53.0 Å². The lowest BCUT2D eigenvalue weighted by molar-refractivity contribution is -0.0498. The average molecular weight is 439 g/mol. The van der Waals surface area contributed by atoms with Crippen LogP contribution in [0.1, 0.15) is 15.2 Å². The summed E-state index contributed by atoms with van der Waals surface area (Å²) in [6.07, 6.45) is 0. The molecule has 0 radical (unpaired) electrons. The van der Waals surface area contributed by atoms with E-state index in [1.807, 2.05) is 31.2 Å². The predicted octanol–water partition coefficient (Wildman–Crippen LogP) is 5.73. The maximum Gasteiger partial charge on any atom is 0.387 e. The van der Waals surface area contributed by atoms with Gasteiger partial charge in [0.05, 0.1) is 5.69 Å². The second-order valence-corrected chi connectivity index (χ2v) is 7.41. The van der Waals surface area contributed by atoms with Crippen molar-refractivity contribution in [2.75, 3.05) is 5.32 Å². The highest BCUT2D eigenvalue weighted by molar-refractivity contribution is 9.10. The molecule has 4 nitrogen and oxygen atoms in total. The molecule has 0 aliphatic heterocycles. The molecule has 0 unspecified atom stereocenters. The first-order valence-corrected chi connectivity index (χ1v) is 9.13. The topological polar surface area (TPSA) is 51.2 Å². The van der Waals surface area contributed by atoms with Crippen LogP contribution in [0.25, 0.3) is 11.3 Å². The lowest BCUT2D eigenvalue weighted by atomic mass is 10.1. The Bertz CT molecular complexity index is 929. The second-order valence-electron chi connectivity index (χ2n) is 5.29. The van der Waals surface area contributed by atoms with E-state index in [4.69, 9.17) is 0 Å². The molecule has 134 valence electrons. The third kappa shape index (κ3) is 4.44. The molecule has 1 amide bonds. The van der Waals surface area contributed by atoms with Crippen LogP contribution < -0.4 is 10.1 Å². The van der Waals surface area contributed by atoms with Gasteiger partial charge in [0, 0.05) is 20.5 Å². The summed E-state index contributed by atoms with van der Waals surface area (Å²) in [6.45, 7) is -1.02. The van der Waals surface area contributed by atoms with Crippen molar-refractivity contribution in [2.24, 2.45) is 0 Å². The molecular weight excluding hydrogens is 426 g/mol. The van der Waals surface area contributed by atoms with Crippen molar-refractivity contribution in [3.63, 3.8) is 0 Å². The standard InChI is InChI=1S/C18H13BrF2N2O2S/c1-10-15(11-5-7-13(19)8-6-11)22-18(26-10)23-16(24)12-3-2-4-14(9-12)25-17(20)21/h2-9,17H,1H3,(H,22,23,24). The molecule has 3 aromatic rings. The van der Waals surface area contributed by atoms with Gasteiger partial charge in [0.2, 0.25) is 0 Å². The van der Waals surface area contributed by atoms with Crippen molar-refractivity contribution in [1.82, 2.24) is 4.98 Å². The molecule has 0 atom stereocenters. The van der Waals surface area contributed by atoms with Gasteiger partial charge >= 0.3 is 6.61 Å². The van der Waals surface area contributed by atoms with Crippen molar-refractivity contribution < 1.29 is 18.3 Å². The Morgan fingerprint density at radius 1 is 1.23 bits per heavy atom. The van der Waals surface area contributed by atoms with Crippen molar-refractivity contribution in [3.8, 4) is 17.0 Å². The molecule has 0 spiro atoms. The van der Waals surface area contributed by atoms with Gasteiger partial charge in [-0.3, -0.25) is 10.1 Å². The summed E-state index contributed by atoms with van der Waals surface area (Å²) in [5.74, 6) is -0.514. The van der Waals surface area contributed by atoms with E-state index in [1.165, 1.54) is 35.6 Å². The van der Waals surface area contributed by atoms with Crippen LogP contribution >= 0.6 is 27.3 Å². The Kier molecular flexibility index (Phi) is 5.63. The highest BCUT2D eigenvalue weighted by Crippen LogP contribution is 2.31. The van der Waals surface area contributed by atoms with E-state index in [1.54, 1.807) is 0 Å². The first kappa shape index (κ1) is 18.5. The van der Waals surface area contributed by atoms with Gasteiger partial charge in [0.15, 0.2) is 5.13 Å². The zero-order chi connectivity index (χ0) is 18.7. The highest BCUT2D eigenvalue weighted by atomic mass is 79.9. The van der Waals surface area contributed by atoms with Crippen molar-refractivity contribution in [2.45, 2.75) is 13.5 Å². The van der Waals surface area contributed by atoms with E-state index >= 15 is 0 Å². The van der Waals surface area contributed by atoms with Gasteiger partial charge in [-0.05, 0) is 37.3 Å². The normalized spacial score (nSPS) is 10.8. The van der Waals surface area contributed by atoms with Crippen LogP contribution in [0.4, 0.5) is 13.9 Å². The lowest BCUT2D eigenvalue weighted by Crippen LogP contribution is -2.12. The summed E-state index contributed by atoms with van der Waals surface area (Å²) in [6, 6.07) is 13.3. The number of anilines is 1. The van der Waals surface area contributed by atoms with E-state index < -0.39 is 12.5 Å². The number of aromatic nitrogens is 1. The minimum Gasteiger partial charge on any atom is -0.435 e. The van der Waals surface area contributed by atoms with E-state index in [9.17, 15) is 13.6 Å². The van der Waals surface area contributed by atoms with E-state index in [-0.39, 0.29) is 11.3 Å². The number of hydrogen-bond acceptors (Lipinski definition) is 4. The lowest BCUT2D eigenvalue weighted by Gasteiger charge is -2.06. The summed E-state index contributed by atoms with van der Waals surface area (Å²) >= 11 is 4.73. The molecule has 0 aliphatic carbocycles.